The molecule has 0 saturated carbocycles. The Morgan fingerprint density at radius 3 is 2.71 bits per heavy atom. The van der Waals surface area contributed by atoms with Crippen molar-refractivity contribution in [2.45, 2.75) is 52.2 Å². The van der Waals surface area contributed by atoms with E-state index in [0.717, 1.165) is 24.9 Å². The highest BCUT2D eigenvalue weighted by Gasteiger charge is 2.44. The Hall–Kier alpha value is -3.43. The van der Waals surface area contributed by atoms with Crippen LogP contribution in [0.25, 0.3) is 0 Å². The molecule has 1 saturated heterocycles. The molecule has 2 aliphatic rings. The number of pyridine rings is 1. The van der Waals surface area contributed by atoms with Gasteiger partial charge in [-0.1, -0.05) is 12.1 Å². The van der Waals surface area contributed by atoms with Crippen molar-refractivity contribution in [1.82, 2.24) is 4.98 Å². The van der Waals surface area contributed by atoms with E-state index < -0.39 is 11.7 Å². The van der Waals surface area contributed by atoms with Crippen LogP contribution in [-0.2, 0) is 19.7 Å². The van der Waals surface area contributed by atoms with Gasteiger partial charge in [-0.15, -0.1) is 8.78 Å². The Morgan fingerprint density at radius 2 is 1.97 bits per heavy atom. The topological polar surface area (TPSA) is 90.0 Å². The van der Waals surface area contributed by atoms with E-state index in [0.29, 0.717) is 30.4 Å². The lowest BCUT2D eigenvalue weighted by molar-refractivity contribution is -0.286. The third-order valence-electron chi connectivity index (χ3n) is 6.34. The lowest BCUT2D eigenvalue weighted by atomic mass is 9.83. The lowest BCUT2D eigenvalue weighted by Crippen LogP contribution is -2.40. The number of alkyl halides is 2. The number of piperidine rings is 1. The van der Waals surface area contributed by atoms with Crippen molar-refractivity contribution in [3.8, 4) is 11.5 Å². The van der Waals surface area contributed by atoms with Gasteiger partial charge in [-0.3, -0.25) is 9.59 Å². The first-order chi connectivity index (χ1) is 16.5. The quantitative estimate of drug-likeness (QED) is 0.602. The van der Waals surface area contributed by atoms with Crippen molar-refractivity contribution in [1.29, 1.82) is 0 Å². The number of carbonyl (C=O) groups excluding carboxylic acids is 2. The number of aromatic nitrogens is 1. The summed E-state index contributed by atoms with van der Waals surface area (Å²) >= 11 is 0. The average Bonchev–Trinajstić information content (AvgIpc) is 3.13. The highest BCUT2D eigenvalue weighted by Crippen LogP contribution is 2.43. The molecular formula is C25H29F2N3O5. The molecule has 0 spiro atoms. The van der Waals surface area contributed by atoms with Gasteiger partial charge in [-0.05, 0) is 69.9 Å². The lowest BCUT2D eigenvalue weighted by Gasteiger charge is -2.33. The van der Waals surface area contributed by atoms with E-state index in [9.17, 15) is 18.4 Å². The minimum absolute atomic E-state index is 0.0811. The number of aryl methyl sites for hydroxylation is 1. The minimum atomic E-state index is -3.73. The molecule has 2 aliphatic heterocycles. The number of ether oxygens (including phenoxy) is 3. The molecule has 1 fully saturated rings. The van der Waals surface area contributed by atoms with Gasteiger partial charge in [0.15, 0.2) is 11.5 Å². The van der Waals surface area contributed by atoms with Crippen LogP contribution in [0.5, 0.6) is 11.5 Å². The normalized spacial score (nSPS) is 18.8. The second-order valence-electron chi connectivity index (χ2n) is 9.28. The second kappa shape index (κ2) is 9.31. The Kier molecular flexibility index (Phi) is 6.57. The molecule has 10 heteroatoms. The zero-order valence-electron chi connectivity index (χ0n) is 20.2. The monoisotopic (exact) mass is 489 g/mol. The van der Waals surface area contributed by atoms with Gasteiger partial charge in [0.1, 0.15) is 11.6 Å². The van der Waals surface area contributed by atoms with E-state index in [1.807, 2.05) is 17.9 Å². The van der Waals surface area contributed by atoms with Crippen LogP contribution in [0.3, 0.4) is 0 Å². The summed E-state index contributed by atoms with van der Waals surface area (Å²) in [7, 11) is 0. The third-order valence-corrected chi connectivity index (χ3v) is 6.34. The summed E-state index contributed by atoms with van der Waals surface area (Å²) in [5.41, 5.74) is 0.322. The molecule has 1 unspecified atom stereocenters. The molecule has 0 bridgehead atoms. The summed E-state index contributed by atoms with van der Waals surface area (Å²) < 4.78 is 40.9. The van der Waals surface area contributed by atoms with Crippen LogP contribution >= 0.6 is 0 Å². The van der Waals surface area contributed by atoms with Crippen molar-refractivity contribution in [2.24, 2.45) is 5.92 Å². The smallest absolute Gasteiger partial charge is 0.466 e. The Bertz CT molecular complexity index is 1140. The van der Waals surface area contributed by atoms with Crippen molar-refractivity contribution < 1.29 is 32.6 Å². The number of carbonyl (C=O) groups is 2. The number of fused-ring (bicyclic) bond motifs is 1. The first-order valence-electron chi connectivity index (χ1n) is 11.6. The van der Waals surface area contributed by atoms with E-state index >= 15 is 0 Å². The van der Waals surface area contributed by atoms with Gasteiger partial charge >= 0.3 is 12.3 Å². The van der Waals surface area contributed by atoms with Crippen LogP contribution in [0.15, 0.2) is 30.3 Å². The predicted octanol–water partition coefficient (Wildman–Crippen LogP) is 4.41. The van der Waals surface area contributed by atoms with Crippen LogP contribution in [0, 0.1) is 12.8 Å². The fourth-order valence-electron chi connectivity index (χ4n) is 4.27. The fourth-order valence-corrected chi connectivity index (χ4v) is 4.27. The number of amides is 1. The molecule has 3 heterocycles. The Morgan fingerprint density at radius 1 is 1.23 bits per heavy atom. The SMILES string of the molecule is CCOC(=O)C1CCCN(c2nc(NC(=O)C(C)(C)c3ccc4c(c3)OC(F)(F)O4)ccc2C)C1. The number of benzene rings is 1. The van der Waals surface area contributed by atoms with E-state index in [4.69, 9.17) is 4.74 Å². The van der Waals surface area contributed by atoms with Crippen LogP contribution in [-0.4, -0.2) is 42.9 Å². The average molecular weight is 490 g/mol. The fraction of sp³-hybridized carbons (Fsp3) is 0.480. The zero-order chi connectivity index (χ0) is 25.4. The molecule has 2 aromatic rings. The van der Waals surface area contributed by atoms with Crippen molar-refractivity contribution in [3.63, 3.8) is 0 Å². The van der Waals surface area contributed by atoms with Gasteiger partial charge in [0, 0.05) is 13.1 Å². The summed E-state index contributed by atoms with van der Waals surface area (Å²) in [4.78, 5) is 32.1. The zero-order valence-corrected chi connectivity index (χ0v) is 20.2. The number of halogens is 2. The van der Waals surface area contributed by atoms with Gasteiger partial charge in [-0.25, -0.2) is 4.98 Å². The highest BCUT2D eigenvalue weighted by molar-refractivity contribution is 5.98. The molecule has 4 rings (SSSR count). The van der Waals surface area contributed by atoms with Crippen LogP contribution in [0.1, 0.15) is 44.7 Å². The van der Waals surface area contributed by atoms with E-state index in [1.54, 1.807) is 32.9 Å². The number of hydrogen-bond acceptors (Lipinski definition) is 7. The van der Waals surface area contributed by atoms with Gasteiger partial charge in [0.2, 0.25) is 5.91 Å². The third kappa shape index (κ3) is 5.16. The Balaban J connectivity index is 1.50. The molecule has 1 aromatic heterocycles. The van der Waals surface area contributed by atoms with E-state index in [1.165, 1.54) is 12.1 Å². The highest BCUT2D eigenvalue weighted by atomic mass is 19.3. The second-order valence-corrected chi connectivity index (χ2v) is 9.28. The summed E-state index contributed by atoms with van der Waals surface area (Å²) in [5, 5.41) is 2.84. The maximum Gasteiger partial charge on any atom is 0.586 e. The first kappa shape index (κ1) is 24.7. The molecule has 1 atom stereocenters. The van der Waals surface area contributed by atoms with Crippen molar-refractivity contribution in [3.05, 3.63) is 41.5 Å². The van der Waals surface area contributed by atoms with Gasteiger partial charge in [0.25, 0.3) is 0 Å². The number of esters is 1. The minimum Gasteiger partial charge on any atom is -0.466 e. The number of rotatable bonds is 6. The van der Waals surface area contributed by atoms with Crippen molar-refractivity contribution in [2.75, 3.05) is 29.9 Å². The maximum atomic E-state index is 13.4. The molecule has 1 amide bonds. The van der Waals surface area contributed by atoms with Crippen LogP contribution in [0.2, 0.25) is 0 Å². The maximum absolute atomic E-state index is 13.4. The van der Waals surface area contributed by atoms with Gasteiger partial charge in [-0.2, -0.15) is 0 Å². The van der Waals surface area contributed by atoms with Gasteiger partial charge < -0.3 is 24.4 Å². The molecule has 8 nitrogen and oxygen atoms in total. The molecule has 188 valence electrons. The van der Waals surface area contributed by atoms with Gasteiger partial charge in [0.05, 0.1) is 17.9 Å². The number of hydrogen-bond donors (Lipinski definition) is 1. The summed E-state index contributed by atoms with van der Waals surface area (Å²) in [6.07, 6.45) is -2.13. The molecule has 35 heavy (non-hydrogen) atoms. The predicted molar refractivity (Wildman–Crippen MR) is 125 cm³/mol. The summed E-state index contributed by atoms with van der Waals surface area (Å²) in [6.45, 7) is 8.66. The van der Waals surface area contributed by atoms with E-state index in [2.05, 4.69) is 19.8 Å². The van der Waals surface area contributed by atoms with Crippen LogP contribution < -0.4 is 19.7 Å². The van der Waals surface area contributed by atoms with Crippen LogP contribution in [0.4, 0.5) is 20.4 Å². The molecule has 1 aromatic carbocycles. The number of nitrogens with one attached hydrogen (secondary N) is 1. The van der Waals surface area contributed by atoms with Crippen molar-refractivity contribution >= 4 is 23.5 Å². The molecular weight excluding hydrogens is 460 g/mol. The van der Waals surface area contributed by atoms with E-state index in [-0.39, 0.29) is 29.3 Å². The number of anilines is 2. The molecule has 0 radical (unpaired) electrons. The Labute approximate surface area is 202 Å². The number of nitrogens with zero attached hydrogens (tertiary/aromatic N) is 2. The molecule has 0 aliphatic carbocycles. The summed E-state index contributed by atoms with van der Waals surface area (Å²) in [5.74, 6) is 0.0541. The summed E-state index contributed by atoms with van der Waals surface area (Å²) in [6, 6.07) is 7.87. The standard InChI is InChI=1S/C25H29F2N3O5/c1-5-33-22(31)16-7-6-12-30(14-16)21-15(2)8-11-20(28-21)29-23(32)24(3,4)17-9-10-18-19(13-17)35-25(26,27)34-18/h8-11,13,16H,5-7,12,14H2,1-4H3,(H,28,29,32). The largest absolute Gasteiger partial charge is 0.586 e. The molecule has 1 N–H and O–H groups in total. The first-order valence-corrected chi connectivity index (χ1v) is 11.6.